The number of rotatable bonds is 3. The lowest BCUT2D eigenvalue weighted by atomic mass is 10.1. The SMILES string of the molecule is CN=CC=C(N)c1ccc(OC(C)=O)cc1. The van der Waals surface area contributed by atoms with Gasteiger partial charge in [-0.05, 0) is 35.9 Å². The van der Waals surface area contributed by atoms with E-state index in [0.717, 1.165) is 5.56 Å². The molecule has 0 bridgehead atoms. The molecule has 0 fully saturated rings. The number of esters is 1. The molecule has 0 amide bonds. The smallest absolute Gasteiger partial charge is 0.308 e. The maximum atomic E-state index is 10.7. The fourth-order valence-electron chi connectivity index (χ4n) is 1.13. The highest BCUT2D eigenvalue weighted by Crippen LogP contribution is 2.15. The summed E-state index contributed by atoms with van der Waals surface area (Å²) in [6, 6.07) is 6.96. The summed E-state index contributed by atoms with van der Waals surface area (Å²) in [5, 5.41) is 0. The van der Waals surface area contributed by atoms with Crippen LogP contribution in [0.4, 0.5) is 0 Å². The number of ether oxygens (including phenoxy) is 1. The zero-order valence-corrected chi connectivity index (χ0v) is 9.31. The van der Waals surface area contributed by atoms with Crippen molar-refractivity contribution in [2.45, 2.75) is 6.92 Å². The van der Waals surface area contributed by atoms with Crippen LogP contribution in [0.3, 0.4) is 0 Å². The van der Waals surface area contributed by atoms with Gasteiger partial charge in [0.1, 0.15) is 5.75 Å². The van der Waals surface area contributed by atoms with E-state index in [9.17, 15) is 4.79 Å². The molecule has 1 rings (SSSR count). The molecule has 4 nitrogen and oxygen atoms in total. The third-order valence-electron chi connectivity index (χ3n) is 1.85. The van der Waals surface area contributed by atoms with E-state index in [1.165, 1.54) is 6.92 Å². The van der Waals surface area contributed by atoms with Gasteiger partial charge in [-0.2, -0.15) is 0 Å². The predicted molar refractivity (Wildman–Crippen MR) is 64.3 cm³/mol. The van der Waals surface area contributed by atoms with Gasteiger partial charge in [0.15, 0.2) is 0 Å². The fraction of sp³-hybridized carbons (Fsp3) is 0.167. The molecule has 0 unspecified atom stereocenters. The number of benzene rings is 1. The second kappa shape index (κ2) is 5.70. The van der Waals surface area contributed by atoms with Crippen molar-refractivity contribution in [2.75, 3.05) is 7.05 Å². The third kappa shape index (κ3) is 3.57. The second-order valence-corrected chi connectivity index (χ2v) is 3.15. The predicted octanol–water partition coefficient (Wildman–Crippen LogP) is 1.61. The molecule has 1 aromatic rings. The van der Waals surface area contributed by atoms with Crippen LogP contribution in [0.15, 0.2) is 35.3 Å². The molecule has 0 aliphatic carbocycles. The van der Waals surface area contributed by atoms with Crippen molar-refractivity contribution in [2.24, 2.45) is 10.7 Å². The Hall–Kier alpha value is -2.10. The quantitative estimate of drug-likeness (QED) is 0.476. The molecule has 0 aromatic heterocycles. The Morgan fingerprint density at radius 2 is 2.00 bits per heavy atom. The Labute approximate surface area is 94.4 Å². The van der Waals surface area contributed by atoms with Gasteiger partial charge in [-0.15, -0.1) is 0 Å². The van der Waals surface area contributed by atoms with Crippen LogP contribution in [0, 0.1) is 0 Å². The first-order valence-corrected chi connectivity index (χ1v) is 4.80. The summed E-state index contributed by atoms with van der Waals surface area (Å²) in [5.74, 6) is 0.169. The van der Waals surface area contributed by atoms with Crippen LogP contribution < -0.4 is 10.5 Å². The molecule has 2 N–H and O–H groups in total. The maximum absolute atomic E-state index is 10.7. The van der Waals surface area contributed by atoms with Gasteiger partial charge >= 0.3 is 5.97 Å². The number of hydrogen-bond acceptors (Lipinski definition) is 4. The van der Waals surface area contributed by atoms with E-state index in [1.54, 1.807) is 43.6 Å². The van der Waals surface area contributed by atoms with Crippen molar-refractivity contribution in [3.63, 3.8) is 0 Å². The van der Waals surface area contributed by atoms with Crippen molar-refractivity contribution in [3.8, 4) is 5.75 Å². The van der Waals surface area contributed by atoms with Crippen molar-refractivity contribution in [1.82, 2.24) is 0 Å². The van der Waals surface area contributed by atoms with Crippen LogP contribution >= 0.6 is 0 Å². The van der Waals surface area contributed by atoms with Crippen molar-refractivity contribution >= 4 is 17.9 Å². The molecular formula is C12H14N2O2. The lowest BCUT2D eigenvalue weighted by molar-refractivity contribution is -0.131. The van der Waals surface area contributed by atoms with Crippen LogP contribution in [-0.4, -0.2) is 19.2 Å². The highest BCUT2D eigenvalue weighted by Gasteiger charge is 1.99. The molecule has 0 aliphatic rings. The van der Waals surface area contributed by atoms with Gasteiger partial charge in [0.2, 0.25) is 0 Å². The molecule has 0 spiro atoms. The first-order valence-electron chi connectivity index (χ1n) is 4.80. The van der Waals surface area contributed by atoms with Crippen LogP contribution in [0.2, 0.25) is 0 Å². The van der Waals surface area contributed by atoms with E-state index in [1.807, 2.05) is 0 Å². The van der Waals surface area contributed by atoms with Crippen molar-refractivity contribution in [3.05, 3.63) is 35.9 Å². The summed E-state index contributed by atoms with van der Waals surface area (Å²) >= 11 is 0. The summed E-state index contributed by atoms with van der Waals surface area (Å²) in [5.41, 5.74) is 7.26. The van der Waals surface area contributed by atoms with E-state index in [-0.39, 0.29) is 5.97 Å². The zero-order valence-electron chi connectivity index (χ0n) is 9.31. The summed E-state index contributed by atoms with van der Waals surface area (Å²) in [7, 11) is 1.67. The van der Waals surface area contributed by atoms with Crippen LogP contribution in [0.5, 0.6) is 5.75 Å². The van der Waals surface area contributed by atoms with Gasteiger partial charge in [-0.3, -0.25) is 9.79 Å². The minimum Gasteiger partial charge on any atom is -0.427 e. The largest absolute Gasteiger partial charge is 0.427 e. The Bertz CT molecular complexity index is 419. The number of carbonyl (C=O) groups is 1. The van der Waals surface area contributed by atoms with Gasteiger partial charge < -0.3 is 10.5 Å². The van der Waals surface area contributed by atoms with E-state index >= 15 is 0 Å². The Morgan fingerprint density at radius 3 is 2.50 bits per heavy atom. The van der Waals surface area contributed by atoms with Crippen LogP contribution in [0.25, 0.3) is 5.70 Å². The maximum Gasteiger partial charge on any atom is 0.308 e. The highest BCUT2D eigenvalue weighted by atomic mass is 16.5. The van der Waals surface area contributed by atoms with E-state index in [4.69, 9.17) is 10.5 Å². The highest BCUT2D eigenvalue weighted by molar-refractivity contribution is 5.83. The minimum absolute atomic E-state index is 0.339. The number of carbonyl (C=O) groups excluding carboxylic acids is 1. The average molecular weight is 218 g/mol. The van der Waals surface area contributed by atoms with E-state index < -0.39 is 0 Å². The lowest BCUT2D eigenvalue weighted by Gasteiger charge is -2.03. The molecule has 84 valence electrons. The zero-order chi connectivity index (χ0) is 12.0. The molecule has 0 aliphatic heterocycles. The fourth-order valence-corrected chi connectivity index (χ4v) is 1.13. The second-order valence-electron chi connectivity index (χ2n) is 3.15. The Morgan fingerprint density at radius 1 is 1.38 bits per heavy atom. The number of nitrogens with zero attached hydrogens (tertiary/aromatic N) is 1. The standard InChI is InChI=1S/C12H14N2O2/c1-9(15)16-11-5-3-10(4-6-11)12(13)7-8-14-2/h3-8H,13H2,1-2H3. The van der Waals surface area contributed by atoms with Gasteiger partial charge in [0, 0.05) is 25.9 Å². The minimum atomic E-state index is -0.339. The van der Waals surface area contributed by atoms with E-state index in [2.05, 4.69) is 4.99 Å². The molecule has 0 saturated carbocycles. The Balaban J connectivity index is 2.82. The third-order valence-corrected chi connectivity index (χ3v) is 1.85. The summed E-state index contributed by atoms with van der Waals surface area (Å²) < 4.78 is 4.90. The number of nitrogens with two attached hydrogens (primary N) is 1. The van der Waals surface area contributed by atoms with Gasteiger partial charge in [0.05, 0.1) is 0 Å². The lowest BCUT2D eigenvalue weighted by Crippen LogP contribution is -2.02. The van der Waals surface area contributed by atoms with Crippen molar-refractivity contribution < 1.29 is 9.53 Å². The molecule has 0 atom stereocenters. The molecule has 0 heterocycles. The topological polar surface area (TPSA) is 64.7 Å². The van der Waals surface area contributed by atoms with Gasteiger partial charge in [-0.25, -0.2) is 0 Å². The average Bonchev–Trinajstić information content (AvgIpc) is 2.26. The summed E-state index contributed by atoms with van der Waals surface area (Å²) in [6.07, 6.45) is 3.33. The molecule has 4 heteroatoms. The normalized spacial score (nSPS) is 11.8. The summed E-state index contributed by atoms with van der Waals surface area (Å²) in [6.45, 7) is 1.36. The van der Waals surface area contributed by atoms with Gasteiger partial charge in [0.25, 0.3) is 0 Å². The monoisotopic (exact) mass is 218 g/mol. The summed E-state index contributed by atoms with van der Waals surface area (Å²) in [4.78, 5) is 14.5. The van der Waals surface area contributed by atoms with Crippen LogP contribution in [-0.2, 0) is 4.79 Å². The Kier molecular flexibility index (Phi) is 4.27. The first-order chi connectivity index (χ1) is 7.63. The molecule has 1 aromatic carbocycles. The molecule has 16 heavy (non-hydrogen) atoms. The molecule has 0 saturated heterocycles. The number of allylic oxidation sites excluding steroid dienone is 1. The number of aliphatic imine (C=N–C) groups is 1. The number of hydrogen-bond donors (Lipinski definition) is 1. The molecular weight excluding hydrogens is 204 g/mol. The molecule has 0 radical (unpaired) electrons. The first kappa shape index (κ1) is 12.0. The van der Waals surface area contributed by atoms with Crippen LogP contribution in [0.1, 0.15) is 12.5 Å². The van der Waals surface area contributed by atoms with E-state index in [0.29, 0.717) is 11.4 Å². The van der Waals surface area contributed by atoms with Crippen molar-refractivity contribution in [1.29, 1.82) is 0 Å². The van der Waals surface area contributed by atoms with Gasteiger partial charge in [-0.1, -0.05) is 0 Å².